The molecule has 1 saturated carbocycles. The Bertz CT molecular complexity index is 619. The Kier molecular flexibility index (Phi) is 3.83. The molecule has 1 aromatic rings. The Morgan fingerprint density at radius 3 is 2.76 bits per heavy atom. The molecule has 0 amide bonds. The zero-order chi connectivity index (χ0) is 15.2. The van der Waals surface area contributed by atoms with Crippen LogP contribution in [0.25, 0.3) is 0 Å². The molecule has 3 rings (SSSR count). The molecule has 1 aromatic heterocycles. The normalized spacial score (nSPS) is 20.2. The Morgan fingerprint density at radius 2 is 2.14 bits per heavy atom. The van der Waals surface area contributed by atoms with Crippen molar-refractivity contribution in [2.45, 2.75) is 57.5 Å². The smallest absolute Gasteiger partial charge is 0.217 e. The molecular weight excluding hydrogens is 288 g/mol. The highest BCUT2D eigenvalue weighted by Gasteiger charge is 2.41. The fraction of sp³-hybridized carbons (Fsp3) is 0.786. The number of hydrogen-bond acceptors (Lipinski definition) is 4. The average Bonchev–Trinajstić information content (AvgIpc) is 3.22. The van der Waals surface area contributed by atoms with E-state index >= 15 is 0 Å². The number of rotatable bonds is 5. The Morgan fingerprint density at radius 1 is 1.43 bits per heavy atom. The van der Waals surface area contributed by atoms with E-state index in [0.29, 0.717) is 19.1 Å². The molecule has 1 aliphatic carbocycles. The van der Waals surface area contributed by atoms with Crippen molar-refractivity contribution in [2.24, 2.45) is 0 Å². The zero-order valence-electron chi connectivity index (χ0n) is 13.0. The molecule has 0 aromatic carbocycles. The lowest BCUT2D eigenvalue weighted by atomic mass is 10.1. The molecule has 1 aliphatic heterocycles. The zero-order valence-corrected chi connectivity index (χ0v) is 13.8. The standard InChI is InChI=1S/C14H24N4O2S/c1-10(2)17(3)8-13-12-6-7-18(9-14(12)16-15-13)21(19,20)11-4-5-11/h10-11H,4-9H2,1-3H3,(H,15,16). The van der Waals surface area contributed by atoms with Crippen molar-refractivity contribution in [2.75, 3.05) is 13.6 Å². The lowest BCUT2D eigenvalue weighted by Gasteiger charge is -2.27. The van der Waals surface area contributed by atoms with Crippen LogP contribution < -0.4 is 0 Å². The van der Waals surface area contributed by atoms with Gasteiger partial charge < -0.3 is 0 Å². The van der Waals surface area contributed by atoms with Crippen molar-refractivity contribution in [1.29, 1.82) is 0 Å². The lowest BCUT2D eigenvalue weighted by molar-refractivity contribution is 0.261. The van der Waals surface area contributed by atoms with Gasteiger partial charge in [0.1, 0.15) is 0 Å². The molecule has 7 heteroatoms. The van der Waals surface area contributed by atoms with Gasteiger partial charge in [-0.2, -0.15) is 9.40 Å². The first-order valence-corrected chi connectivity index (χ1v) is 9.14. The molecule has 6 nitrogen and oxygen atoms in total. The molecule has 0 unspecified atom stereocenters. The molecule has 118 valence electrons. The first-order chi connectivity index (χ1) is 9.89. The van der Waals surface area contributed by atoms with E-state index in [1.165, 1.54) is 5.56 Å². The topological polar surface area (TPSA) is 69.3 Å². The van der Waals surface area contributed by atoms with Gasteiger partial charge in [0.05, 0.1) is 23.2 Å². The molecule has 1 fully saturated rings. The maximum Gasteiger partial charge on any atom is 0.217 e. The van der Waals surface area contributed by atoms with Crippen molar-refractivity contribution in [3.8, 4) is 0 Å². The summed E-state index contributed by atoms with van der Waals surface area (Å²) in [6.45, 7) is 6.15. The lowest BCUT2D eigenvalue weighted by Crippen LogP contribution is -2.38. The average molecular weight is 312 g/mol. The number of nitrogens with one attached hydrogen (secondary N) is 1. The van der Waals surface area contributed by atoms with E-state index in [2.05, 4.69) is 36.0 Å². The van der Waals surface area contributed by atoms with Gasteiger partial charge in [0.2, 0.25) is 10.0 Å². The summed E-state index contributed by atoms with van der Waals surface area (Å²) in [6, 6.07) is 0.465. The van der Waals surface area contributed by atoms with Crippen LogP contribution >= 0.6 is 0 Å². The maximum atomic E-state index is 12.3. The second-order valence-corrected chi connectivity index (χ2v) is 8.68. The second-order valence-electron chi connectivity index (χ2n) is 6.46. The van der Waals surface area contributed by atoms with E-state index in [1.807, 2.05) is 0 Å². The molecule has 2 aliphatic rings. The van der Waals surface area contributed by atoms with Crippen molar-refractivity contribution >= 4 is 10.0 Å². The minimum atomic E-state index is -3.08. The number of H-pyrrole nitrogens is 1. The van der Waals surface area contributed by atoms with E-state index in [1.54, 1.807) is 4.31 Å². The van der Waals surface area contributed by atoms with Crippen LogP contribution in [0.2, 0.25) is 0 Å². The molecule has 0 spiro atoms. The summed E-state index contributed by atoms with van der Waals surface area (Å²) in [5.74, 6) is 0. The molecular formula is C14H24N4O2S. The molecule has 2 heterocycles. The van der Waals surface area contributed by atoms with Gasteiger partial charge in [-0.25, -0.2) is 8.42 Å². The summed E-state index contributed by atoms with van der Waals surface area (Å²) < 4.78 is 26.3. The predicted octanol–water partition coefficient (Wildman–Crippen LogP) is 1.10. The van der Waals surface area contributed by atoms with Gasteiger partial charge in [0, 0.05) is 24.7 Å². The van der Waals surface area contributed by atoms with Crippen LogP contribution in [-0.2, 0) is 29.5 Å². The van der Waals surface area contributed by atoms with Gasteiger partial charge in [-0.3, -0.25) is 10.00 Å². The van der Waals surface area contributed by atoms with E-state index in [9.17, 15) is 8.42 Å². The third-order valence-corrected chi connectivity index (χ3v) is 6.92. The first kappa shape index (κ1) is 15.0. The molecule has 0 atom stereocenters. The van der Waals surface area contributed by atoms with Crippen molar-refractivity contribution in [1.82, 2.24) is 19.4 Å². The van der Waals surface area contributed by atoms with Gasteiger partial charge >= 0.3 is 0 Å². The number of nitrogens with zero attached hydrogens (tertiary/aromatic N) is 3. The van der Waals surface area contributed by atoms with Crippen LogP contribution in [0.15, 0.2) is 0 Å². The van der Waals surface area contributed by atoms with Gasteiger partial charge in [0.25, 0.3) is 0 Å². The Hall–Kier alpha value is -0.920. The molecule has 0 bridgehead atoms. The van der Waals surface area contributed by atoms with Crippen molar-refractivity contribution in [3.05, 3.63) is 17.0 Å². The van der Waals surface area contributed by atoms with Gasteiger partial charge in [-0.15, -0.1) is 0 Å². The van der Waals surface area contributed by atoms with E-state index in [4.69, 9.17) is 0 Å². The number of hydrogen-bond donors (Lipinski definition) is 1. The molecule has 21 heavy (non-hydrogen) atoms. The van der Waals surface area contributed by atoms with Crippen LogP contribution in [0.4, 0.5) is 0 Å². The van der Waals surface area contributed by atoms with Gasteiger partial charge in [-0.1, -0.05) is 0 Å². The minimum absolute atomic E-state index is 0.131. The maximum absolute atomic E-state index is 12.3. The van der Waals surface area contributed by atoms with Crippen LogP contribution in [0, 0.1) is 0 Å². The summed E-state index contributed by atoms with van der Waals surface area (Å²) in [4.78, 5) is 2.24. The fourth-order valence-corrected chi connectivity index (χ4v) is 4.51. The summed E-state index contributed by atoms with van der Waals surface area (Å²) >= 11 is 0. The first-order valence-electron chi connectivity index (χ1n) is 7.63. The summed E-state index contributed by atoms with van der Waals surface area (Å²) in [5.41, 5.74) is 3.24. The highest BCUT2D eigenvalue weighted by atomic mass is 32.2. The fourth-order valence-electron chi connectivity index (χ4n) is 2.71. The summed E-state index contributed by atoms with van der Waals surface area (Å²) in [7, 11) is -1.00. The largest absolute Gasteiger partial charge is 0.298 e. The van der Waals surface area contributed by atoms with E-state index in [0.717, 1.165) is 37.2 Å². The summed E-state index contributed by atoms with van der Waals surface area (Å²) in [5, 5.41) is 7.33. The highest BCUT2D eigenvalue weighted by Crippen LogP contribution is 2.33. The van der Waals surface area contributed by atoms with E-state index in [-0.39, 0.29) is 5.25 Å². The SMILES string of the molecule is CC(C)N(C)Cc1n[nH]c2c1CCN(S(=O)(=O)C1CC1)C2. The van der Waals surface area contributed by atoms with Gasteiger partial charge in [0.15, 0.2) is 0 Å². The highest BCUT2D eigenvalue weighted by molar-refractivity contribution is 7.90. The number of fused-ring (bicyclic) bond motifs is 1. The summed E-state index contributed by atoms with van der Waals surface area (Å²) in [6.07, 6.45) is 2.40. The Balaban J connectivity index is 1.75. The van der Waals surface area contributed by atoms with Crippen molar-refractivity contribution in [3.63, 3.8) is 0 Å². The third-order valence-electron chi connectivity index (χ3n) is 4.57. The monoisotopic (exact) mass is 312 g/mol. The van der Waals surface area contributed by atoms with E-state index < -0.39 is 10.0 Å². The van der Waals surface area contributed by atoms with Gasteiger partial charge in [-0.05, 0) is 40.2 Å². The van der Waals surface area contributed by atoms with Crippen molar-refractivity contribution < 1.29 is 8.42 Å². The second kappa shape index (κ2) is 5.37. The predicted molar refractivity (Wildman–Crippen MR) is 81.2 cm³/mol. The molecule has 0 radical (unpaired) electrons. The number of aromatic amines is 1. The molecule has 0 saturated heterocycles. The number of aromatic nitrogens is 2. The Labute approximate surface area is 126 Å². The minimum Gasteiger partial charge on any atom is -0.298 e. The third kappa shape index (κ3) is 2.86. The quantitative estimate of drug-likeness (QED) is 0.884. The van der Waals surface area contributed by atoms with Crippen LogP contribution in [0.3, 0.4) is 0 Å². The number of sulfonamides is 1. The van der Waals surface area contributed by atoms with Crippen LogP contribution in [-0.4, -0.2) is 52.7 Å². The molecule has 1 N–H and O–H groups in total. The van der Waals surface area contributed by atoms with Crippen LogP contribution in [0.1, 0.15) is 43.6 Å². The van der Waals surface area contributed by atoms with Crippen LogP contribution in [0.5, 0.6) is 0 Å².